The van der Waals surface area contributed by atoms with Crippen LogP contribution < -0.4 is 0 Å². The molecule has 208 valence electrons. The third-order valence-electron chi connectivity index (χ3n) is 6.82. The number of ether oxygens (including phenoxy) is 1. The molecule has 5 heterocycles. The topological polar surface area (TPSA) is 120 Å². The highest BCUT2D eigenvalue weighted by Gasteiger charge is 2.36. The molecule has 1 aromatic carbocycles. The highest BCUT2D eigenvalue weighted by atomic mass is 32.2. The van der Waals surface area contributed by atoms with Gasteiger partial charge in [0.15, 0.2) is 9.84 Å². The van der Waals surface area contributed by atoms with Crippen LogP contribution >= 0.6 is 0 Å². The number of furan rings is 1. The molecule has 1 amide bonds. The van der Waals surface area contributed by atoms with E-state index in [1.165, 1.54) is 18.5 Å². The number of carbonyl (C=O) groups is 1. The van der Waals surface area contributed by atoms with Crippen molar-refractivity contribution in [1.82, 2.24) is 24.6 Å². The second kappa shape index (κ2) is 9.54. The van der Waals surface area contributed by atoms with E-state index in [1.54, 1.807) is 27.9 Å². The lowest BCUT2D eigenvalue weighted by molar-refractivity contribution is 0.0272. The minimum atomic E-state index is -3.08. The number of nitrogens with zero attached hydrogens (tertiary/aromatic N) is 5. The summed E-state index contributed by atoms with van der Waals surface area (Å²) < 4.78 is 50.7. The molecule has 0 spiro atoms. The predicted molar refractivity (Wildman–Crippen MR) is 147 cm³/mol. The predicted octanol–water partition coefficient (Wildman–Crippen LogP) is 4.89. The normalized spacial score (nSPS) is 17.5. The molecule has 12 heteroatoms. The van der Waals surface area contributed by atoms with Crippen LogP contribution in [0.4, 0.5) is 9.18 Å². The lowest BCUT2D eigenvalue weighted by Gasteiger charge is -2.29. The van der Waals surface area contributed by atoms with Crippen molar-refractivity contribution in [3.63, 3.8) is 0 Å². The van der Waals surface area contributed by atoms with Gasteiger partial charge in [0.2, 0.25) is 5.71 Å². The van der Waals surface area contributed by atoms with Crippen LogP contribution in [0.15, 0.2) is 53.3 Å². The Morgan fingerprint density at radius 1 is 1.12 bits per heavy atom. The molecule has 0 unspecified atom stereocenters. The highest BCUT2D eigenvalue weighted by molar-refractivity contribution is 7.92. The summed E-state index contributed by atoms with van der Waals surface area (Å²) in [5, 5.41) is 5.34. The van der Waals surface area contributed by atoms with Gasteiger partial charge in [0.25, 0.3) is 0 Å². The van der Waals surface area contributed by atoms with E-state index in [0.717, 1.165) is 5.57 Å². The van der Waals surface area contributed by atoms with Crippen molar-refractivity contribution >= 4 is 32.6 Å². The van der Waals surface area contributed by atoms with Crippen LogP contribution in [0.2, 0.25) is 0 Å². The van der Waals surface area contributed by atoms with Gasteiger partial charge in [0.1, 0.15) is 29.2 Å². The number of amides is 1. The summed E-state index contributed by atoms with van der Waals surface area (Å²) in [5.74, 6) is 0.202. The smallest absolute Gasteiger partial charge is 0.410 e. The number of hydrogen-bond acceptors (Lipinski definition) is 8. The summed E-state index contributed by atoms with van der Waals surface area (Å²) in [6, 6.07) is 7.50. The van der Waals surface area contributed by atoms with Crippen LogP contribution in [-0.4, -0.2) is 69.4 Å². The number of halogens is 1. The van der Waals surface area contributed by atoms with Gasteiger partial charge in [-0.3, -0.25) is 4.68 Å². The fourth-order valence-corrected chi connectivity index (χ4v) is 6.28. The Morgan fingerprint density at radius 3 is 2.58 bits per heavy atom. The summed E-state index contributed by atoms with van der Waals surface area (Å²) in [6.07, 6.45) is 5.47. The van der Waals surface area contributed by atoms with Crippen molar-refractivity contribution in [3.8, 4) is 22.5 Å². The third-order valence-corrected chi connectivity index (χ3v) is 8.61. The Hall–Kier alpha value is -4.06. The largest absolute Gasteiger partial charge is 0.444 e. The van der Waals surface area contributed by atoms with Crippen molar-refractivity contribution < 1.29 is 26.8 Å². The van der Waals surface area contributed by atoms with Gasteiger partial charge in [0, 0.05) is 29.4 Å². The van der Waals surface area contributed by atoms with Gasteiger partial charge < -0.3 is 14.1 Å². The zero-order valence-corrected chi connectivity index (χ0v) is 23.1. The minimum absolute atomic E-state index is 0.00826. The summed E-state index contributed by atoms with van der Waals surface area (Å²) in [5.41, 5.74) is 2.99. The first-order valence-electron chi connectivity index (χ1n) is 12.9. The van der Waals surface area contributed by atoms with Crippen molar-refractivity contribution in [2.45, 2.75) is 38.8 Å². The Labute approximate surface area is 230 Å². The molecule has 0 aliphatic carbocycles. The van der Waals surface area contributed by atoms with Gasteiger partial charge in [-0.2, -0.15) is 5.10 Å². The van der Waals surface area contributed by atoms with Crippen LogP contribution in [0.3, 0.4) is 0 Å². The molecule has 0 atom stereocenters. The Morgan fingerprint density at radius 2 is 1.88 bits per heavy atom. The Kier molecular flexibility index (Phi) is 6.25. The van der Waals surface area contributed by atoms with Crippen molar-refractivity contribution in [2.24, 2.45) is 0 Å². The quantitative estimate of drug-likeness (QED) is 0.343. The summed E-state index contributed by atoms with van der Waals surface area (Å²) in [7, 11) is -3.08. The second-order valence-corrected chi connectivity index (χ2v) is 13.2. The van der Waals surface area contributed by atoms with Gasteiger partial charge in [-0.15, -0.1) is 0 Å². The number of sulfone groups is 1. The fraction of sp³-hybridized carbons (Fsp3) is 0.357. The first-order chi connectivity index (χ1) is 19.0. The summed E-state index contributed by atoms with van der Waals surface area (Å²) in [6.45, 7) is 6.36. The number of carbonyl (C=O) groups excluding carboxylic acids is 1. The van der Waals surface area contributed by atoms with E-state index in [1.807, 2.05) is 32.9 Å². The average molecular weight is 566 g/mol. The summed E-state index contributed by atoms with van der Waals surface area (Å²) in [4.78, 5) is 23.2. The standard InChI is InChI=1S/C28H28FN5O5S/c1-28(2,3)39-27(35)33-10-4-5-18(12-33)23-11-21-25(30-16-31-26(21)38-23)22-13-34(20-14-40(36,37)15-20)32-24(22)17-6-8-19(29)9-7-17/h5-9,11,13,16,20H,4,10,12,14-15H2,1-3H3. The molecule has 3 aromatic heterocycles. The Bertz CT molecular complexity index is 1740. The maximum Gasteiger partial charge on any atom is 0.410 e. The van der Waals surface area contributed by atoms with Gasteiger partial charge in [-0.05, 0) is 57.5 Å². The molecule has 2 aliphatic rings. The first-order valence-corrected chi connectivity index (χ1v) is 14.8. The van der Waals surface area contributed by atoms with Crippen molar-refractivity contribution in [1.29, 1.82) is 0 Å². The molecule has 0 saturated carbocycles. The van der Waals surface area contributed by atoms with Crippen LogP contribution in [0, 0.1) is 5.82 Å². The molecule has 0 radical (unpaired) electrons. The monoisotopic (exact) mass is 565 g/mol. The molecular weight excluding hydrogens is 537 g/mol. The molecule has 2 aliphatic heterocycles. The Balaban J connectivity index is 1.38. The molecule has 40 heavy (non-hydrogen) atoms. The SMILES string of the molecule is CC(C)(C)OC(=O)N1CCC=C(c2cc3c(-c4cn(C5CS(=O)(=O)C5)nc4-c4ccc(F)cc4)ncnc3o2)C1. The molecule has 4 aromatic rings. The van der Waals surface area contributed by atoms with Crippen molar-refractivity contribution in [2.75, 3.05) is 24.6 Å². The molecule has 6 rings (SSSR count). The second-order valence-electron chi connectivity index (χ2n) is 11.1. The van der Waals surface area contributed by atoms with Gasteiger partial charge in [-0.25, -0.2) is 27.6 Å². The maximum absolute atomic E-state index is 13.7. The van der Waals surface area contributed by atoms with E-state index in [0.29, 0.717) is 58.9 Å². The molecular formula is C28H28FN5O5S. The number of benzene rings is 1. The first kappa shape index (κ1) is 26.2. The molecule has 0 N–H and O–H groups in total. The van der Waals surface area contributed by atoms with Crippen molar-refractivity contribution in [3.05, 3.63) is 60.5 Å². The molecule has 1 fully saturated rings. The lowest BCUT2D eigenvalue weighted by atomic mass is 10.0. The fourth-order valence-electron chi connectivity index (χ4n) is 4.90. The van der Waals surface area contributed by atoms with E-state index >= 15 is 0 Å². The summed E-state index contributed by atoms with van der Waals surface area (Å²) >= 11 is 0. The zero-order chi connectivity index (χ0) is 28.2. The lowest BCUT2D eigenvalue weighted by Crippen LogP contribution is -2.39. The van der Waals surface area contributed by atoms with Crippen LogP contribution in [0.5, 0.6) is 0 Å². The molecule has 1 saturated heterocycles. The van der Waals surface area contributed by atoms with E-state index in [2.05, 4.69) is 9.97 Å². The highest BCUT2D eigenvalue weighted by Crippen LogP contribution is 2.38. The van der Waals surface area contributed by atoms with E-state index in [4.69, 9.17) is 14.3 Å². The van der Waals surface area contributed by atoms with E-state index in [9.17, 15) is 17.6 Å². The molecule has 10 nitrogen and oxygen atoms in total. The number of aromatic nitrogens is 4. The van der Waals surface area contributed by atoms with E-state index < -0.39 is 15.4 Å². The number of fused-ring (bicyclic) bond motifs is 1. The maximum atomic E-state index is 13.7. The van der Waals surface area contributed by atoms with Gasteiger partial charge in [-0.1, -0.05) is 6.08 Å². The van der Waals surface area contributed by atoms with E-state index in [-0.39, 0.29) is 29.5 Å². The van der Waals surface area contributed by atoms with Crippen LogP contribution in [-0.2, 0) is 14.6 Å². The number of hydrogen-bond donors (Lipinski definition) is 0. The minimum Gasteiger partial charge on any atom is -0.444 e. The van der Waals surface area contributed by atoms with Crippen LogP contribution in [0.25, 0.3) is 39.2 Å². The number of rotatable bonds is 4. The zero-order valence-electron chi connectivity index (χ0n) is 22.3. The van der Waals surface area contributed by atoms with Gasteiger partial charge in [0.05, 0.1) is 35.2 Å². The molecule has 0 bridgehead atoms. The van der Waals surface area contributed by atoms with Gasteiger partial charge >= 0.3 is 6.09 Å². The average Bonchev–Trinajstić information content (AvgIpc) is 3.52. The third kappa shape index (κ3) is 5.10. The van der Waals surface area contributed by atoms with Crippen LogP contribution in [0.1, 0.15) is 39.0 Å².